The van der Waals surface area contributed by atoms with E-state index in [1.165, 1.54) is 4.70 Å². The van der Waals surface area contributed by atoms with Crippen LogP contribution in [0.5, 0.6) is 0 Å². The van der Waals surface area contributed by atoms with Crippen LogP contribution in [0.3, 0.4) is 0 Å². The lowest BCUT2D eigenvalue weighted by Gasteiger charge is -1.82. The highest BCUT2D eigenvalue weighted by Crippen LogP contribution is 2.20. The molecule has 0 N–H and O–H groups in total. The van der Waals surface area contributed by atoms with Gasteiger partial charge in [0.05, 0.1) is 21.4 Å². The fraction of sp³-hybridized carbons (Fsp3) is 0.222. The number of thiazole rings is 1. The third-order valence-electron chi connectivity index (χ3n) is 1.68. The summed E-state index contributed by atoms with van der Waals surface area (Å²) in [5, 5.41) is 1.09. The summed E-state index contributed by atoms with van der Waals surface area (Å²) in [5.74, 6) is 0. The zero-order valence-electron chi connectivity index (χ0n) is 7.27. The van der Waals surface area contributed by atoms with Crippen LogP contribution in [0.4, 0.5) is 0 Å². The first-order valence-electron chi connectivity index (χ1n) is 4.00. The predicted octanol–water partition coefficient (Wildman–Crippen LogP) is 1.93. The number of nitrogens with zero attached hydrogens (tertiary/aromatic N) is 3. The van der Waals surface area contributed by atoms with Crippen LogP contribution in [0.2, 0.25) is 0 Å². The Hall–Kier alpha value is -1.29. The minimum atomic E-state index is 0.815. The topological polar surface area (TPSA) is 38.1 Å². The number of fused-ring (bicyclic) bond motifs is 1. The molecule has 0 saturated carbocycles. The molecule has 0 saturated heterocycles. The summed E-state index contributed by atoms with van der Waals surface area (Å²) in [6.07, 6.45) is 6.26. The average Bonchev–Trinajstić information content (AvgIpc) is 2.57. The normalized spacial score (nSPS) is 11.5. The van der Waals surface area contributed by atoms with Gasteiger partial charge in [-0.15, -0.1) is 11.3 Å². The lowest BCUT2D eigenvalue weighted by Crippen LogP contribution is -1.82. The Morgan fingerprint density at radius 1 is 1.62 bits per heavy atom. The maximum absolute atomic E-state index is 4.42. The molecule has 2 rings (SSSR count). The third kappa shape index (κ3) is 1.72. The molecule has 4 heteroatoms. The maximum atomic E-state index is 4.42. The van der Waals surface area contributed by atoms with Crippen molar-refractivity contribution in [3.63, 3.8) is 0 Å². The van der Waals surface area contributed by atoms with E-state index in [0.717, 1.165) is 16.9 Å². The van der Waals surface area contributed by atoms with Crippen LogP contribution in [-0.2, 0) is 6.42 Å². The van der Waals surface area contributed by atoms with Crippen molar-refractivity contribution in [2.24, 2.45) is 4.99 Å². The van der Waals surface area contributed by atoms with E-state index in [2.05, 4.69) is 15.0 Å². The molecule has 0 aliphatic heterocycles. The number of pyridine rings is 1. The van der Waals surface area contributed by atoms with Crippen molar-refractivity contribution in [3.05, 3.63) is 23.5 Å². The van der Waals surface area contributed by atoms with E-state index >= 15 is 0 Å². The van der Waals surface area contributed by atoms with Gasteiger partial charge in [-0.05, 0) is 6.07 Å². The van der Waals surface area contributed by atoms with E-state index in [9.17, 15) is 0 Å². The van der Waals surface area contributed by atoms with Crippen LogP contribution in [0, 0.1) is 0 Å². The smallest absolute Gasteiger partial charge is 0.0998 e. The Morgan fingerprint density at radius 2 is 2.54 bits per heavy atom. The van der Waals surface area contributed by atoms with Gasteiger partial charge in [-0.2, -0.15) is 0 Å². The summed E-state index contributed by atoms with van der Waals surface area (Å²) in [5.41, 5.74) is 0.979. The molecule has 0 aromatic carbocycles. The summed E-state index contributed by atoms with van der Waals surface area (Å²) in [6, 6.07) is 1.99. The van der Waals surface area contributed by atoms with Crippen molar-refractivity contribution in [3.8, 4) is 0 Å². The minimum Gasteiger partial charge on any atom is -0.300 e. The van der Waals surface area contributed by atoms with Gasteiger partial charge in [0.1, 0.15) is 0 Å². The number of aliphatic imine (C=N–C) groups is 1. The quantitative estimate of drug-likeness (QED) is 0.680. The molecule has 0 fully saturated rings. The number of rotatable bonds is 2. The largest absolute Gasteiger partial charge is 0.300 e. The van der Waals surface area contributed by atoms with Gasteiger partial charge in [-0.3, -0.25) is 4.98 Å². The highest BCUT2D eigenvalue weighted by atomic mass is 32.1. The molecule has 0 aliphatic carbocycles. The van der Waals surface area contributed by atoms with Crippen LogP contribution < -0.4 is 0 Å². The number of aromatic nitrogens is 2. The predicted molar refractivity (Wildman–Crippen MR) is 55.5 cm³/mol. The summed E-state index contributed by atoms with van der Waals surface area (Å²) in [4.78, 5) is 12.4. The van der Waals surface area contributed by atoms with Gasteiger partial charge in [-0.1, -0.05) is 0 Å². The number of hydrogen-bond acceptors (Lipinski definition) is 4. The number of hydrogen-bond donors (Lipinski definition) is 0. The monoisotopic (exact) mass is 191 g/mol. The Balaban J connectivity index is 2.38. The van der Waals surface area contributed by atoms with E-state index < -0.39 is 0 Å². The molecule has 0 radical (unpaired) electrons. The van der Waals surface area contributed by atoms with Crippen molar-refractivity contribution in [1.29, 1.82) is 0 Å². The van der Waals surface area contributed by atoms with Gasteiger partial charge >= 0.3 is 0 Å². The van der Waals surface area contributed by atoms with Gasteiger partial charge in [0.15, 0.2) is 0 Å². The molecular weight excluding hydrogens is 182 g/mol. The lowest BCUT2D eigenvalue weighted by molar-refractivity contribution is 1.24. The standard InChI is InChI=1S/C9H9N3S/c1-10-4-3-9-12-7-6-11-5-2-8(7)13-9/h2,4-6H,3H2,1H3/b10-4+. The zero-order valence-corrected chi connectivity index (χ0v) is 8.08. The molecule has 66 valence electrons. The van der Waals surface area contributed by atoms with E-state index in [0.29, 0.717) is 0 Å². The van der Waals surface area contributed by atoms with Gasteiger partial charge in [0.2, 0.25) is 0 Å². The van der Waals surface area contributed by atoms with Crippen LogP contribution >= 0.6 is 11.3 Å². The molecule has 0 unspecified atom stereocenters. The lowest BCUT2D eigenvalue weighted by atomic mass is 10.4. The first kappa shape index (κ1) is 8.31. The second-order valence-electron chi connectivity index (χ2n) is 2.60. The summed E-state index contributed by atoms with van der Waals surface area (Å²) in [7, 11) is 1.77. The zero-order chi connectivity index (χ0) is 9.10. The van der Waals surface area contributed by atoms with E-state index in [1.807, 2.05) is 12.3 Å². The Labute approximate surface area is 80.2 Å². The van der Waals surface area contributed by atoms with Crippen molar-refractivity contribution in [2.75, 3.05) is 7.05 Å². The first-order chi connectivity index (χ1) is 6.40. The molecule has 13 heavy (non-hydrogen) atoms. The second kappa shape index (κ2) is 3.62. The van der Waals surface area contributed by atoms with Crippen LogP contribution in [-0.4, -0.2) is 23.2 Å². The van der Waals surface area contributed by atoms with Crippen molar-refractivity contribution >= 4 is 27.8 Å². The molecule has 0 amide bonds. The fourth-order valence-corrected chi connectivity index (χ4v) is 1.97. The van der Waals surface area contributed by atoms with E-state index in [-0.39, 0.29) is 0 Å². The molecule has 3 nitrogen and oxygen atoms in total. The Bertz CT molecular complexity index is 400. The van der Waals surface area contributed by atoms with Crippen molar-refractivity contribution < 1.29 is 0 Å². The van der Waals surface area contributed by atoms with Crippen LogP contribution in [0.25, 0.3) is 10.2 Å². The second-order valence-corrected chi connectivity index (χ2v) is 3.71. The molecule has 2 heterocycles. The molecule has 2 aromatic heterocycles. The van der Waals surface area contributed by atoms with Gasteiger partial charge in [0, 0.05) is 25.9 Å². The minimum absolute atomic E-state index is 0.815. The molecule has 0 aliphatic rings. The summed E-state index contributed by atoms with van der Waals surface area (Å²) >= 11 is 1.69. The average molecular weight is 191 g/mol. The first-order valence-corrected chi connectivity index (χ1v) is 4.82. The third-order valence-corrected chi connectivity index (χ3v) is 2.74. The van der Waals surface area contributed by atoms with E-state index in [4.69, 9.17) is 0 Å². The Kier molecular flexibility index (Phi) is 2.31. The Morgan fingerprint density at radius 3 is 3.31 bits per heavy atom. The molecule has 2 aromatic rings. The molecule has 0 spiro atoms. The fourth-order valence-electron chi connectivity index (χ4n) is 1.08. The molecule has 0 bridgehead atoms. The molecule has 0 atom stereocenters. The van der Waals surface area contributed by atoms with Gasteiger partial charge in [0.25, 0.3) is 0 Å². The van der Waals surface area contributed by atoms with Gasteiger partial charge < -0.3 is 4.99 Å². The van der Waals surface area contributed by atoms with Gasteiger partial charge in [-0.25, -0.2) is 4.98 Å². The SMILES string of the molecule is C/N=C/Cc1nc2cnccc2s1. The highest BCUT2D eigenvalue weighted by Gasteiger charge is 2.00. The van der Waals surface area contributed by atoms with Crippen LogP contribution in [0.15, 0.2) is 23.5 Å². The van der Waals surface area contributed by atoms with Crippen LogP contribution in [0.1, 0.15) is 5.01 Å². The highest BCUT2D eigenvalue weighted by molar-refractivity contribution is 7.18. The summed E-state index contributed by atoms with van der Waals surface area (Å²) < 4.78 is 1.19. The maximum Gasteiger partial charge on any atom is 0.0998 e. The van der Waals surface area contributed by atoms with Crippen molar-refractivity contribution in [2.45, 2.75) is 6.42 Å². The molecular formula is C9H9N3S. The van der Waals surface area contributed by atoms with E-state index in [1.54, 1.807) is 30.8 Å². The van der Waals surface area contributed by atoms with Crippen molar-refractivity contribution in [1.82, 2.24) is 9.97 Å². The summed E-state index contributed by atoms with van der Waals surface area (Å²) in [6.45, 7) is 0.